The van der Waals surface area contributed by atoms with Crippen molar-refractivity contribution in [2.45, 2.75) is 19.8 Å². The maximum atomic E-state index is 12.4. The van der Waals surface area contributed by atoms with E-state index in [9.17, 15) is 9.59 Å². The lowest BCUT2D eigenvalue weighted by Crippen LogP contribution is -2.33. The minimum absolute atomic E-state index is 0.0259. The molecular weight excluding hydrogens is 304 g/mol. The van der Waals surface area contributed by atoms with Crippen molar-refractivity contribution < 1.29 is 14.3 Å². The van der Waals surface area contributed by atoms with E-state index in [2.05, 4.69) is 5.32 Å². The quantitative estimate of drug-likeness (QED) is 0.902. The minimum Gasteiger partial charge on any atom is -0.410 e. The molecule has 2 amide bonds. The Bertz CT molecular complexity index is 726. The Kier molecular flexibility index (Phi) is 4.79. The van der Waals surface area contributed by atoms with Crippen LogP contribution in [-0.4, -0.2) is 18.5 Å². The molecule has 24 heavy (non-hydrogen) atoms. The summed E-state index contributed by atoms with van der Waals surface area (Å²) < 4.78 is 5.46. The number of carbonyl (C=O) groups excluding carboxylic acids is 2. The molecule has 0 spiro atoms. The van der Waals surface area contributed by atoms with Crippen molar-refractivity contribution in [1.82, 2.24) is 0 Å². The summed E-state index contributed by atoms with van der Waals surface area (Å²) in [6.07, 6.45) is 1.45. The van der Waals surface area contributed by atoms with Crippen LogP contribution in [0.25, 0.3) is 0 Å². The number of amides is 2. The topological polar surface area (TPSA) is 58.6 Å². The molecule has 1 N–H and O–H groups in total. The van der Waals surface area contributed by atoms with Gasteiger partial charge in [-0.2, -0.15) is 0 Å². The van der Waals surface area contributed by atoms with Crippen LogP contribution in [0, 0.1) is 5.92 Å². The van der Waals surface area contributed by atoms with Crippen LogP contribution in [0.15, 0.2) is 54.6 Å². The summed E-state index contributed by atoms with van der Waals surface area (Å²) in [5, 5.41) is 2.85. The second-order valence-electron chi connectivity index (χ2n) is 5.74. The van der Waals surface area contributed by atoms with Gasteiger partial charge in [0.2, 0.25) is 5.91 Å². The highest BCUT2D eigenvalue weighted by Crippen LogP contribution is 2.30. The third-order valence-electron chi connectivity index (χ3n) is 3.86. The number of hydrogen-bond donors (Lipinski definition) is 1. The number of nitrogens with one attached hydrogen (secondary N) is 1. The number of rotatable bonds is 5. The van der Waals surface area contributed by atoms with Crippen LogP contribution in [0.1, 0.15) is 19.8 Å². The highest BCUT2D eigenvalue weighted by atomic mass is 16.6. The number of para-hydroxylation sites is 1. The van der Waals surface area contributed by atoms with Crippen molar-refractivity contribution in [2.75, 3.05) is 16.8 Å². The van der Waals surface area contributed by atoms with E-state index >= 15 is 0 Å². The standard InChI is InChI=1S/C19H20N2O3/c1-2-21(16-8-4-3-5-9-16)19(23)24-17-10-6-7-15(13-17)20-18(22)14-11-12-14/h3-10,13-14H,2,11-12H2,1H3,(H,20,22). The van der Waals surface area contributed by atoms with E-state index in [0.717, 1.165) is 18.5 Å². The van der Waals surface area contributed by atoms with E-state index in [1.165, 1.54) is 0 Å². The van der Waals surface area contributed by atoms with Gasteiger partial charge in [-0.25, -0.2) is 4.79 Å². The Labute approximate surface area is 141 Å². The lowest BCUT2D eigenvalue weighted by atomic mass is 10.3. The SMILES string of the molecule is CCN(C(=O)Oc1cccc(NC(=O)C2CC2)c1)c1ccccc1. The van der Waals surface area contributed by atoms with Crippen molar-refractivity contribution in [3.8, 4) is 5.75 Å². The van der Waals surface area contributed by atoms with Crippen molar-refractivity contribution >= 4 is 23.4 Å². The van der Waals surface area contributed by atoms with Gasteiger partial charge in [0.1, 0.15) is 5.75 Å². The highest BCUT2D eigenvalue weighted by Gasteiger charge is 2.29. The van der Waals surface area contributed by atoms with E-state index in [0.29, 0.717) is 18.0 Å². The number of benzene rings is 2. The predicted octanol–water partition coefficient (Wildman–Crippen LogP) is 4.06. The summed E-state index contributed by atoms with van der Waals surface area (Å²) >= 11 is 0. The molecule has 1 aliphatic rings. The zero-order valence-corrected chi connectivity index (χ0v) is 13.6. The van der Waals surface area contributed by atoms with E-state index in [1.807, 2.05) is 37.3 Å². The Hall–Kier alpha value is -2.82. The first kappa shape index (κ1) is 16.1. The molecule has 124 valence electrons. The Morgan fingerprint density at radius 2 is 1.88 bits per heavy atom. The minimum atomic E-state index is -0.450. The van der Waals surface area contributed by atoms with Crippen LogP contribution in [-0.2, 0) is 4.79 Å². The third kappa shape index (κ3) is 3.93. The van der Waals surface area contributed by atoms with Crippen LogP contribution in [0.3, 0.4) is 0 Å². The molecule has 0 aliphatic heterocycles. The maximum absolute atomic E-state index is 12.4. The summed E-state index contributed by atoms with van der Waals surface area (Å²) in [5.41, 5.74) is 1.42. The van der Waals surface area contributed by atoms with Gasteiger partial charge in [0.05, 0.1) is 0 Å². The molecule has 2 aromatic carbocycles. The fourth-order valence-corrected chi connectivity index (χ4v) is 2.41. The molecule has 0 bridgehead atoms. The highest BCUT2D eigenvalue weighted by molar-refractivity contribution is 5.94. The van der Waals surface area contributed by atoms with Crippen LogP contribution < -0.4 is 15.0 Å². The second kappa shape index (κ2) is 7.17. The van der Waals surface area contributed by atoms with Gasteiger partial charge >= 0.3 is 6.09 Å². The van der Waals surface area contributed by atoms with Gasteiger partial charge in [0.15, 0.2) is 0 Å². The van der Waals surface area contributed by atoms with Gasteiger partial charge in [-0.15, -0.1) is 0 Å². The van der Waals surface area contributed by atoms with Gasteiger partial charge in [0.25, 0.3) is 0 Å². The third-order valence-corrected chi connectivity index (χ3v) is 3.86. The smallest absolute Gasteiger partial charge is 0.410 e. The Morgan fingerprint density at radius 1 is 1.12 bits per heavy atom. The largest absolute Gasteiger partial charge is 0.419 e. The number of carbonyl (C=O) groups is 2. The number of hydrogen-bond acceptors (Lipinski definition) is 3. The van der Waals surface area contributed by atoms with Gasteiger partial charge in [-0.05, 0) is 44.0 Å². The van der Waals surface area contributed by atoms with E-state index < -0.39 is 6.09 Å². The normalized spacial score (nSPS) is 13.2. The zero-order chi connectivity index (χ0) is 16.9. The average Bonchev–Trinajstić information content (AvgIpc) is 3.42. The molecule has 2 aromatic rings. The molecule has 3 rings (SSSR count). The van der Waals surface area contributed by atoms with Crippen LogP contribution >= 0.6 is 0 Å². The second-order valence-corrected chi connectivity index (χ2v) is 5.74. The lowest BCUT2D eigenvalue weighted by Gasteiger charge is -2.20. The van der Waals surface area contributed by atoms with Crippen LogP contribution in [0.4, 0.5) is 16.2 Å². The maximum Gasteiger partial charge on any atom is 0.419 e. The van der Waals surface area contributed by atoms with Crippen molar-refractivity contribution in [1.29, 1.82) is 0 Å². The molecule has 1 aliphatic carbocycles. The van der Waals surface area contributed by atoms with Gasteiger partial charge in [-0.3, -0.25) is 9.69 Å². The fraction of sp³-hybridized carbons (Fsp3) is 0.263. The predicted molar refractivity (Wildman–Crippen MR) is 93.3 cm³/mol. The molecule has 0 heterocycles. The molecule has 0 unspecified atom stereocenters. The van der Waals surface area contributed by atoms with Crippen molar-refractivity contribution in [3.05, 3.63) is 54.6 Å². The molecule has 1 fully saturated rings. The van der Waals surface area contributed by atoms with E-state index in [1.54, 1.807) is 29.2 Å². The molecular formula is C19H20N2O3. The van der Waals surface area contributed by atoms with Gasteiger partial charge in [0, 0.05) is 29.9 Å². The number of ether oxygens (including phenoxy) is 1. The summed E-state index contributed by atoms with van der Waals surface area (Å²) in [6, 6.07) is 16.3. The first-order chi connectivity index (χ1) is 11.7. The Morgan fingerprint density at radius 3 is 2.54 bits per heavy atom. The summed E-state index contributed by atoms with van der Waals surface area (Å²) in [7, 11) is 0. The van der Waals surface area contributed by atoms with Crippen molar-refractivity contribution in [2.24, 2.45) is 5.92 Å². The van der Waals surface area contributed by atoms with Crippen molar-refractivity contribution in [3.63, 3.8) is 0 Å². The zero-order valence-electron chi connectivity index (χ0n) is 13.6. The molecule has 0 atom stereocenters. The summed E-state index contributed by atoms with van der Waals surface area (Å²) in [4.78, 5) is 25.8. The molecule has 0 saturated heterocycles. The first-order valence-corrected chi connectivity index (χ1v) is 8.12. The Balaban J connectivity index is 1.68. The number of anilines is 2. The summed E-state index contributed by atoms with van der Waals surface area (Å²) in [5.74, 6) is 0.561. The lowest BCUT2D eigenvalue weighted by molar-refractivity contribution is -0.117. The fourth-order valence-electron chi connectivity index (χ4n) is 2.41. The van der Waals surface area contributed by atoms with Gasteiger partial charge < -0.3 is 10.1 Å². The van der Waals surface area contributed by atoms with Crippen LogP contribution in [0.5, 0.6) is 5.75 Å². The molecule has 0 aromatic heterocycles. The molecule has 5 heteroatoms. The molecule has 0 radical (unpaired) electrons. The van der Waals surface area contributed by atoms with Crippen LogP contribution in [0.2, 0.25) is 0 Å². The first-order valence-electron chi connectivity index (χ1n) is 8.12. The molecule has 5 nitrogen and oxygen atoms in total. The van der Waals surface area contributed by atoms with E-state index in [4.69, 9.17) is 4.74 Å². The summed E-state index contributed by atoms with van der Waals surface area (Å²) in [6.45, 7) is 2.39. The monoisotopic (exact) mass is 324 g/mol. The van der Waals surface area contributed by atoms with E-state index in [-0.39, 0.29) is 11.8 Å². The molecule has 1 saturated carbocycles. The van der Waals surface area contributed by atoms with Gasteiger partial charge in [-0.1, -0.05) is 24.3 Å². The number of nitrogens with zero attached hydrogens (tertiary/aromatic N) is 1. The average molecular weight is 324 g/mol.